The summed E-state index contributed by atoms with van der Waals surface area (Å²) < 4.78 is 10.3. The van der Waals surface area contributed by atoms with Gasteiger partial charge in [0.2, 0.25) is 0 Å². The zero-order valence-electron chi connectivity index (χ0n) is 14.3. The maximum atomic E-state index is 12.4. The number of carbonyl (C=O) groups excluding carboxylic acids is 2. The molecule has 1 aliphatic rings. The molecule has 6 heteroatoms. The number of hydrogen-bond donors (Lipinski definition) is 2. The van der Waals surface area contributed by atoms with Crippen molar-refractivity contribution < 1.29 is 29.3 Å². The van der Waals surface area contributed by atoms with E-state index >= 15 is 0 Å². The van der Waals surface area contributed by atoms with Crippen LogP contribution in [0.5, 0.6) is 11.5 Å². The van der Waals surface area contributed by atoms with Gasteiger partial charge in [0.15, 0.2) is 0 Å². The van der Waals surface area contributed by atoms with Crippen molar-refractivity contribution in [1.82, 2.24) is 0 Å². The van der Waals surface area contributed by atoms with Crippen molar-refractivity contribution in [2.24, 2.45) is 0 Å². The zero-order valence-corrected chi connectivity index (χ0v) is 14.3. The maximum absolute atomic E-state index is 12.4. The van der Waals surface area contributed by atoms with E-state index in [-0.39, 0.29) is 43.0 Å². The summed E-state index contributed by atoms with van der Waals surface area (Å²) in [6, 6.07) is 2.94. The Bertz CT molecular complexity index is 717. The number of carbonyl (C=O) groups is 2. The van der Waals surface area contributed by atoms with Gasteiger partial charge < -0.3 is 19.7 Å². The molecule has 0 bridgehead atoms. The highest BCUT2D eigenvalue weighted by molar-refractivity contribution is 5.97. The molecule has 1 atom stereocenters. The number of benzene rings is 1. The second kappa shape index (κ2) is 8.48. The van der Waals surface area contributed by atoms with E-state index < -0.39 is 12.1 Å². The van der Waals surface area contributed by atoms with Crippen molar-refractivity contribution in [2.45, 2.75) is 32.3 Å². The Morgan fingerprint density at radius 1 is 1.28 bits per heavy atom. The van der Waals surface area contributed by atoms with Crippen LogP contribution in [0.15, 0.2) is 29.9 Å². The van der Waals surface area contributed by atoms with Crippen LogP contribution in [0.1, 0.15) is 42.1 Å². The lowest BCUT2D eigenvalue weighted by Crippen LogP contribution is -2.13. The van der Waals surface area contributed by atoms with Crippen LogP contribution in [-0.4, -0.2) is 41.8 Å². The predicted molar refractivity (Wildman–Crippen MR) is 92.6 cm³/mol. The molecule has 1 heterocycles. The van der Waals surface area contributed by atoms with Gasteiger partial charge >= 0.3 is 5.97 Å². The van der Waals surface area contributed by atoms with E-state index in [1.165, 1.54) is 13.2 Å². The van der Waals surface area contributed by atoms with Crippen molar-refractivity contribution in [2.75, 3.05) is 13.7 Å². The van der Waals surface area contributed by atoms with Crippen LogP contribution in [0.25, 0.3) is 6.08 Å². The van der Waals surface area contributed by atoms with Gasteiger partial charge in [0, 0.05) is 18.9 Å². The third-order valence-corrected chi connectivity index (χ3v) is 3.84. The molecule has 0 saturated carbocycles. The average Bonchev–Trinajstić information content (AvgIpc) is 2.56. The number of phenolic OH excluding ortho intramolecular Hbond substituents is 1. The number of rotatable bonds is 1. The summed E-state index contributed by atoms with van der Waals surface area (Å²) in [7, 11) is 1.45. The topological polar surface area (TPSA) is 93.1 Å². The second-order valence-electron chi connectivity index (χ2n) is 5.98. The predicted octanol–water partition coefficient (Wildman–Crippen LogP) is 2.63. The number of aromatic hydroxyl groups is 1. The van der Waals surface area contributed by atoms with E-state index in [4.69, 9.17) is 9.47 Å². The van der Waals surface area contributed by atoms with Crippen LogP contribution in [0.3, 0.4) is 0 Å². The third kappa shape index (κ3) is 5.19. The van der Waals surface area contributed by atoms with E-state index in [0.29, 0.717) is 11.3 Å². The summed E-state index contributed by atoms with van der Waals surface area (Å²) in [6.45, 7) is 1.76. The number of aliphatic hydroxyl groups is 1. The van der Waals surface area contributed by atoms with Crippen molar-refractivity contribution in [3.63, 3.8) is 0 Å². The van der Waals surface area contributed by atoms with Crippen LogP contribution in [0.2, 0.25) is 0 Å². The molecule has 1 aromatic rings. The lowest BCUT2D eigenvalue weighted by atomic mass is 10.0. The molecule has 0 aliphatic carbocycles. The highest BCUT2D eigenvalue weighted by Gasteiger charge is 2.19. The van der Waals surface area contributed by atoms with Crippen molar-refractivity contribution >= 4 is 17.8 Å². The Labute approximate surface area is 146 Å². The summed E-state index contributed by atoms with van der Waals surface area (Å²) in [5.41, 5.74) is 1.17. The summed E-state index contributed by atoms with van der Waals surface area (Å²) in [5, 5.41) is 20.1. The van der Waals surface area contributed by atoms with Crippen molar-refractivity contribution in [3.05, 3.63) is 41.0 Å². The first kappa shape index (κ1) is 18.7. The largest absolute Gasteiger partial charge is 0.507 e. The van der Waals surface area contributed by atoms with Gasteiger partial charge in [0.05, 0.1) is 13.2 Å². The summed E-state index contributed by atoms with van der Waals surface area (Å²) in [6.07, 6.45) is 4.62. The lowest BCUT2D eigenvalue weighted by molar-refractivity contribution is -0.120. The van der Waals surface area contributed by atoms with Gasteiger partial charge in [-0.25, -0.2) is 4.79 Å². The highest BCUT2D eigenvalue weighted by Crippen LogP contribution is 2.30. The summed E-state index contributed by atoms with van der Waals surface area (Å²) in [4.78, 5) is 24.2. The van der Waals surface area contributed by atoms with Crippen LogP contribution in [0, 0.1) is 0 Å². The normalized spacial score (nSPS) is 19.5. The molecular formula is C19H22O6. The Kier molecular flexibility index (Phi) is 6.36. The van der Waals surface area contributed by atoms with E-state index in [1.54, 1.807) is 31.2 Å². The minimum Gasteiger partial charge on any atom is -0.507 e. The fraction of sp³-hybridized carbons (Fsp3) is 0.368. The number of esters is 1. The first-order chi connectivity index (χ1) is 11.9. The molecule has 2 rings (SSSR count). The Hall–Kier alpha value is -2.60. The number of cyclic esters (lactones) is 1. The number of ketones is 1. The molecule has 25 heavy (non-hydrogen) atoms. The van der Waals surface area contributed by atoms with E-state index in [9.17, 15) is 19.8 Å². The van der Waals surface area contributed by atoms with Gasteiger partial charge in [-0.05, 0) is 30.5 Å². The molecular weight excluding hydrogens is 324 g/mol. The molecule has 0 fully saturated rings. The molecule has 0 radical (unpaired) electrons. The van der Waals surface area contributed by atoms with Crippen molar-refractivity contribution in [1.29, 1.82) is 0 Å². The van der Waals surface area contributed by atoms with Crippen LogP contribution in [-0.2, 0) is 9.53 Å². The van der Waals surface area contributed by atoms with Gasteiger partial charge in [-0.15, -0.1) is 0 Å². The van der Waals surface area contributed by atoms with Crippen LogP contribution in [0.4, 0.5) is 0 Å². The minimum absolute atomic E-state index is 0.0172. The Morgan fingerprint density at radius 3 is 2.76 bits per heavy atom. The molecule has 134 valence electrons. The fourth-order valence-corrected chi connectivity index (χ4v) is 2.47. The van der Waals surface area contributed by atoms with E-state index in [1.807, 2.05) is 0 Å². The quantitative estimate of drug-likeness (QED) is 0.600. The second-order valence-corrected chi connectivity index (χ2v) is 5.98. The number of hydrogen-bond acceptors (Lipinski definition) is 6. The van der Waals surface area contributed by atoms with Crippen molar-refractivity contribution in [3.8, 4) is 11.5 Å². The summed E-state index contributed by atoms with van der Waals surface area (Å²) >= 11 is 0. The molecule has 6 nitrogen and oxygen atoms in total. The van der Waals surface area contributed by atoms with Gasteiger partial charge in [-0.3, -0.25) is 4.79 Å². The number of phenols is 1. The molecule has 0 unspecified atom stereocenters. The van der Waals surface area contributed by atoms with Crippen LogP contribution < -0.4 is 4.74 Å². The molecule has 0 aromatic heterocycles. The number of ether oxygens (including phenoxy) is 2. The molecule has 0 amide bonds. The zero-order chi connectivity index (χ0) is 18.4. The lowest BCUT2D eigenvalue weighted by Gasteiger charge is -2.13. The number of methoxy groups -OCH3 is 1. The average molecular weight is 346 g/mol. The maximum Gasteiger partial charge on any atom is 0.342 e. The SMILES string of the molecule is COc1cc(O)c2c(c1)C=CC[C@H](O)CC(=O)CC=C(C)COC2=O. The smallest absolute Gasteiger partial charge is 0.342 e. The van der Waals surface area contributed by atoms with E-state index in [2.05, 4.69) is 0 Å². The number of Topliss-reactive ketones (excluding diaryl/α,β-unsaturated/α-hetero) is 1. The molecule has 1 aromatic carbocycles. The fourth-order valence-electron chi connectivity index (χ4n) is 2.47. The van der Waals surface area contributed by atoms with Gasteiger partial charge in [-0.2, -0.15) is 0 Å². The number of allylic oxidation sites excluding steroid dienone is 1. The number of fused-ring (bicyclic) bond motifs is 1. The molecule has 0 saturated heterocycles. The first-order valence-electron chi connectivity index (χ1n) is 8.00. The Morgan fingerprint density at radius 2 is 2.04 bits per heavy atom. The number of aliphatic hydroxyl groups excluding tert-OH is 1. The third-order valence-electron chi connectivity index (χ3n) is 3.84. The highest BCUT2D eigenvalue weighted by atomic mass is 16.5. The standard InChI is InChI=1S/C19H22O6/c1-12-6-7-15(21)9-14(20)5-3-4-13-8-16(24-2)10-17(22)18(13)19(23)25-11-12/h3-4,6,8,10,14,20,22H,5,7,9,11H2,1-2H3/t14-/m0/s1. The molecule has 1 aliphatic heterocycles. The van der Waals surface area contributed by atoms with Gasteiger partial charge in [0.1, 0.15) is 29.5 Å². The summed E-state index contributed by atoms with van der Waals surface area (Å²) in [5.74, 6) is -0.602. The van der Waals surface area contributed by atoms with Gasteiger partial charge in [0.25, 0.3) is 0 Å². The minimum atomic E-state index is -0.796. The van der Waals surface area contributed by atoms with Gasteiger partial charge in [-0.1, -0.05) is 18.2 Å². The molecule has 2 N–H and O–H groups in total. The monoisotopic (exact) mass is 346 g/mol. The first-order valence-corrected chi connectivity index (χ1v) is 8.00. The van der Waals surface area contributed by atoms with E-state index in [0.717, 1.165) is 5.57 Å². The Balaban J connectivity index is 2.41. The van der Waals surface area contributed by atoms with Crippen LogP contribution >= 0.6 is 0 Å². The molecule has 0 spiro atoms.